The van der Waals surface area contributed by atoms with Crippen molar-refractivity contribution in [1.29, 1.82) is 0 Å². The lowest BCUT2D eigenvalue weighted by Gasteiger charge is -2.36. The highest BCUT2D eigenvalue weighted by Gasteiger charge is 2.23. The Balaban J connectivity index is 1.53. The molecule has 5 nitrogen and oxygen atoms in total. The summed E-state index contributed by atoms with van der Waals surface area (Å²) in [6.07, 6.45) is -0.113. The largest absolute Gasteiger partial charge is 0.368 e. The van der Waals surface area contributed by atoms with Gasteiger partial charge in [-0.05, 0) is 44.0 Å². The monoisotopic (exact) mass is 365 g/mol. The van der Waals surface area contributed by atoms with E-state index in [-0.39, 0.29) is 18.2 Å². The van der Waals surface area contributed by atoms with Crippen LogP contribution in [0.4, 0.5) is 11.4 Å². The molecule has 0 atom stereocenters. The minimum absolute atomic E-state index is 0.109. The number of carbonyl (C=O) groups excluding carboxylic acids is 2. The van der Waals surface area contributed by atoms with Crippen molar-refractivity contribution in [3.8, 4) is 0 Å². The number of rotatable bonds is 4. The van der Waals surface area contributed by atoms with Crippen LogP contribution in [0.3, 0.4) is 0 Å². The van der Waals surface area contributed by atoms with Gasteiger partial charge in [0, 0.05) is 37.6 Å². The standard InChI is InChI=1S/C22H27N3O2/c1-16-13-17(2)22(18(3)14-16)23-20(26)15-21(27)25-11-9-24(10-12-25)19-7-5-4-6-8-19/h4-8,13-14H,9-12,15H2,1-3H3,(H,23,26). The van der Waals surface area contributed by atoms with Gasteiger partial charge in [0.15, 0.2) is 0 Å². The number of amides is 2. The number of hydrogen-bond donors (Lipinski definition) is 1. The molecule has 1 saturated heterocycles. The maximum atomic E-state index is 12.5. The van der Waals surface area contributed by atoms with E-state index < -0.39 is 0 Å². The highest BCUT2D eigenvalue weighted by Crippen LogP contribution is 2.22. The molecule has 0 unspecified atom stereocenters. The second-order valence-corrected chi connectivity index (χ2v) is 7.20. The summed E-state index contributed by atoms with van der Waals surface area (Å²) in [5, 5.41) is 2.91. The molecule has 1 heterocycles. The molecule has 27 heavy (non-hydrogen) atoms. The summed E-state index contributed by atoms with van der Waals surface area (Å²) in [7, 11) is 0. The van der Waals surface area contributed by atoms with Gasteiger partial charge in [0.05, 0.1) is 0 Å². The third-order valence-corrected chi connectivity index (χ3v) is 5.01. The summed E-state index contributed by atoms with van der Waals surface area (Å²) >= 11 is 0. The van der Waals surface area contributed by atoms with Crippen molar-refractivity contribution in [1.82, 2.24) is 4.90 Å². The molecule has 0 aromatic heterocycles. The number of carbonyl (C=O) groups is 2. The van der Waals surface area contributed by atoms with Gasteiger partial charge >= 0.3 is 0 Å². The van der Waals surface area contributed by atoms with Gasteiger partial charge in [-0.1, -0.05) is 35.9 Å². The molecule has 1 aliphatic heterocycles. The maximum Gasteiger partial charge on any atom is 0.233 e. The number of nitrogens with one attached hydrogen (secondary N) is 1. The molecule has 0 radical (unpaired) electrons. The van der Waals surface area contributed by atoms with E-state index in [0.29, 0.717) is 13.1 Å². The van der Waals surface area contributed by atoms with Crippen LogP contribution in [0.15, 0.2) is 42.5 Å². The molecule has 142 valence electrons. The Bertz CT molecular complexity index is 802. The van der Waals surface area contributed by atoms with Crippen LogP contribution in [0.25, 0.3) is 0 Å². The van der Waals surface area contributed by atoms with Crippen molar-refractivity contribution in [2.24, 2.45) is 0 Å². The van der Waals surface area contributed by atoms with Crippen molar-refractivity contribution >= 4 is 23.2 Å². The second kappa shape index (κ2) is 8.25. The summed E-state index contributed by atoms with van der Waals surface area (Å²) in [6, 6.07) is 14.3. The van der Waals surface area contributed by atoms with Crippen LogP contribution in [-0.4, -0.2) is 42.9 Å². The van der Waals surface area contributed by atoms with Gasteiger partial charge in [0.25, 0.3) is 0 Å². The Morgan fingerprint density at radius 1 is 0.926 bits per heavy atom. The van der Waals surface area contributed by atoms with Gasteiger partial charge in [0.1, 0.15) is 6.42 Å². The Morgan fingerprint density at radius 2 is 1.52 bits per heavy atom. The van der Waals surface area contributed by atoms with Crippen molar-refractivity contribution in [3.63, 3.8) is 0 Å². The fourth-order valence-corrected chi connectivity index (χ4v) is 3.66. The highest BCUT2D eigenvalue weighted by atomic mass is 16.2. The molecule has 1 N–H and O–H groups in total. The molecule has 5 heteroatoms. The van der Waals surface area contributed by atoms with Crippen molar-refractivity contribution < 1.29 is 9.59 Å². The lowest BCUT2D eigenvalue weighted by atomic mass is 10.0. The third-order valence-electron chi connectivity index (χ3n) is 5.01. The zero-order valence-electron chi connectivity index (χ0n) is 16.3. The van der Waals surface area contributed by atoms with Crippen LogP contribution in [0.2, 0.25) is 0 Å². The molecule has 1 fully saturated rings. The highest BCUT2D eigenvalue weighted by molar-refractivity contribution is 6.04. The summed E-state index contributed by atoms with van der Waals surface area (Å²) in [5.74, 6) is -0.358. The fourth-order valence-electron chi connectivity index (χ4n) is 3.66. The van der Waals surface area contributed by atoms with Crippen LogP contribution in [0.1, 0.15) is 23.1 Å². The molecule has 1 aliphatic rings. The van der Waals surface area contributed by atoms with E-state index in [1.165, 1.54) is 5.69 Å². The molecule has 3 rings (SSSR count). The molecular formula is C22H27N3O2. The fraction of sp³-hybridized carbons (Fsp3) is 0.364. The summed E-state index contributed by atoms with van der Waals surface area (Å²) in [6.45, 7) is 8.83. The number of piperazine rings is 1. The number of para-hydroxylation sites is 1. The van der Waals surface area contributed by atoms with Crippen LogP contribution < -0.4 is 10.2 Å². The van der Waals surface area contributed by atoms with E-state index >= 15 is 0 Å². The first kappa shape index (κ1) is 19.0. The topological polar surface area (TPSA) is 52.7 Å². The van der Waals surface area contributed by atoms with E-state index in [1.54, 1.807) is 4.90 Å². The van der Waals surface area contributed by atoms with Crippen molar-refractivity contribution in [2.45, 2.75) is 27.2 Å². The van der Waals surface area contributed by atoms with Gasteiger partial charge in [-0.15, -0.1) is 0 Å². The number of anilines is 2. The molecular weight excluding hydrogens is 338 g/mol. The van der Waals surface area contributed by atoms with E-state index in [9.17, 15) is 9.59 Å². The first-order chi connectivity index (χ1) is 12.9. The average Bonchev–Trinajstić information content (AvgIpc) is 2.65. The minimum atomic E-state index is -0.249. The molecule has 2 amide bonds. The van der Waals surface area contributed by atoms with Crippen molar-refractivity contribution in [2.75, 3.05) is 36.4 Å². The molecule has 0 saturated carbocycles. The quantitative estimate of drug-likeness (QED) is 0.846. The van der Waals surface area contributed by atoms with Crippen molar-refractivity contribution in [3.05, 3.63) is 59.2 Å². The summed E-state index contributed by atoms with van der Waals surface area (Å²) in [5.41, 5.74) is 5.19. The number of aryl methyl sites for hydroxylation is 3. The Kier molecular flexibility index (Phi) is 5.79. The predicted molar refractivity (Wildman–Crippen MR) is 109 cm³/mol. The van der Waals surface area contributed by atoms with Crippen LogP contribution in [0.5, 0.6) is 0 Å². The van der Waals surface area contributed by atoms with E-state index in [1.807, 2.05) is 51.1 Å². The lowest BCUT2D eigenvalue weighted by molar-refractivity contribution is -0.134. The average molecular weight is 365 g/mol. The lowest BCUT2D eigenvalue weighted by Crippen LogP contribution is -2.49. The molecule has 2 aromatic carbocycles. The smallest absolute Gasteiger partial charge is 0.233 e. The minimum Gasteiger partial charge on any atom is -0.368 e. The Labute approximate surface area is 161 Å². The normalized spacial score (nSPS) is 14.2. The molecule has 2 aromatic rings. The van der Waals surface area contributed by atoms with Gasteiger partial charge in [0.2, 0.25) is 11.8 Å². The van der Waals surface area contributed by atoms with Crippen LogP contribution >= 0.6 is 0 Å². The zero-order chi connectivity index (χ0) is 19.4. The SMILES string of the molecule is Cc1cc(C)c(NC(=O)CC(=O)N2CCN(c3ccccc3)CC2)c(C)c1. The number of hydrogen-bond acceptors (Lipinski definition) is 3. The summed E-state index contributed by atoms with van der Waals surface area (Å²) < 4.78 is 0. The molecule has 0 spiro atoms. The Morgan fingerprint density at radius 3 is 2.11 bits per heavy atom. The summed E-state index contributed by atoms with van der Waals surface area (Å²) in [4.78, 5) is 28.9. The number of nitrogens with zero attached hydrogens (tertiary/aromatic N) is 2. The number of benzene rings is 2. The molecule has 0 bridgehead atoms. The second-order valence-electron chi connectivity index (χ2n) is 7.20. The van der Waals surface area contributed by atoms with Crippen LogP contribution in [-0.2, 0) is 9.59 Å². The van der Waals surface area contributed by atoms with Gasteiger partial charge in [-0.25, -0.2) is 0 Å². The zero-order valence-corrected chi connectivity index (χ0v) is 16.3. The van der Waals surface area contributed by atoms with Gasteiger partial charge in [-0.2, -0.15) is 0 Å². The first-order valence-electron chi connectivity index (χ1n) is 9.39. The first-order valence-corrected chi connectivity index (χ1v) is 9.39. The predicted octanol–water partition coefficient (Wildman–Crippen LogP) is 3.29. The Hall–Kier alpha value is -2.82. The van der Waals surface area contributed by atoms with E-state index in [0.717, 1.165) is 35.5 Å². The third kappa shape index (κ3) is 4.67. The van der Waals surface area contributed by atoms with Gasteiger partial charge < -0.3 is 15.1 Å². The van der Waals surface area contributed by atoms with E-state index in [2.05, 4.69) is 22.3 Å². The maximum absolute atomic E-state index is 12.5. The van der Waals surface area contributed by atoms with Crippen LogP contribution in [0, 0.1) is 20.8 Å². The van der Waals surface area contributed by atoms with Gasteiger partial charge in [-0.3, -0.25) is 9.59 Å². The van der Waals surface area contributed by atoms with E-state index in [4.69, 9.17) is 0 Å². The molecule has 0 aliphatic carbocycles.